The number of likely N-dealkylation sites (tertiary alicyclic amines) is 1. The molecule has 85 heavy (non-hydrogen) atoms. The molecule has 4 aromatic rings. The highest BCUT2D eigenvalue weighted by molar-refractivity contribution is 5.95. The summed E-state index contributed by atoms with van der Waals surface area (Å²) in [5, 5.41) is 23.9. The van der Waals surface area contributed by atoms with Crippen molar-refractivity contribution >= 4 is 41.6 Å². The second-order valence-electron chi connectivity index (χ2n) is 26.4. The molecule has 18 nitrogen and oxygen atoms in total. The summed E-state index contributed by atoms with van der Waals surface area (Å²) < 4.78 is 17.9. The summed E-state index contributed by atoms with van der Waals surface area (Å²) in [6.07, 6.45) is 4.76. The Morgan fingerprint density at radius 2 is 1.31 bits per heavy atom. The molecule has 6 amide bonds. The zero-order valence-electron chi connectivity index (χ0n) is 51.7. The minimum Gasteiger partial charge on any atom is -0.444 e. The van der Waals surface area contributed by atoms with Gasteiger partial charge in [-0.1, -0.05) is 87.5 Å². The van der Waals surface area contributed by atoms with Gasteiger partial charge in [-0.15, -0.1) is 0 Å². The number of aliphatic hydroxyl groups is 1. The van der Waals surface area contributed by atoms with Crippen LogP contribution in [0.2, 0.25) is 0 Å². The number of likely N-dealkylation sites (N-methyl/N-ethyl adjacent to an activating group) is 1. The van der Waals surface area contributed by atoms with Crippen molar-refractivity contribution < 1.29 is 52.9 Å². The molecule has 2 aliphatic heterocycles. The van der Waals surface area contributed by atoms with Crippen LogP contribution in [-0.2, 0) is 65.9 Å². The predicted octanol–water partition coefficient (Wildman–Crippen LogP) is 8.20. The predicted molar refractivity (Wildman–Crippen MR) is 323 cm³/mol. The number of hydrogen-bond donors (Lipinski definition) is 5. The lowest BCUT2D eigenvalue weighted by molar-refractivity contribution is -0.149. The molecule has 0 spiro atoms. The van der Waals surface area contributed by atoms with Gasteiger partial charge in [-0.3, -0.25) is 28.9 Å². The van der Waals surface area contributed by atoms with E-state index in [1.54, 1.807) is 82.8 Å². The highest BCUT2D eigenvalue weighted by atomic mass is 16.6. The zero-order valence-corrected chi connectivity index (χ0v) is 51.7. The Balaban J connectivity index is 0.965. The summed E-state index contributed by atoms with van der Waals surface area (Å²) >= 11 is 0. The molecule has 0 saturated carbocycles. The van der Waals surface area contributed by atoms with Gasteiger partial charge in [-0.2, -0.15) is 0 Å². The number of rotatable bonds is 18. The van der Waals surface area contributed by atoms with Gasteiger partial charge in [-0.25, -0.2) is 9.59 Å². The van der Waals surface area contributed by atoms with Crippen LogP contribution in [-0.4, -0.2) is 130 Å². The topological polar surface area (TPSA) is 225 Å². The number of nitrogens with zero attached hydrogens (tertiary/aromatic N) is 3. The number of aryl methyl sites for hydroxylation is 2. The number of carbonyl (C=O) groups excluding carboxylic acids is 7. The third kappa shape index (κ3) is 15.7. The second kappa shape index (κ2) is 26.6. The van der Waals surface area contributed by atoms with Crippen LogP contribution in [0.15, 0.2) is 91.0 Å². The molecular weight excluding hydrogens is 1080 g/mol. The van der Waals surface area contributed by atoms with Gasteiger partial charge in [0.2, 0.25) is 29.5 Å². The zero-order chi connectivity index (χ0) is 61.7. The molecule has 8 rings (SSSR count). The van der Waals surface area contributed by atoms with Gasteiger partial charge in [0.15, 0.2) is 0 Å². The minimum absolute atomic E-state index is 0.0354. The van der Waals surface area contributed by atoms with Crippen LogP contribution < -0.4 is 26.0 Å². The van der Waals surface area contributed by atoms with Gasteiger partial charge in [0.1, 0.15) is 35.5 Å². The van der Waals surface area contributed by atoms with Crippen molar-refractivity contribution in [3.63, 3.8) is 0 Å². The Morgan fingerprint density at radius 3 is 1.87 bits per heavy atom. The lowest BCUT2D eigenvalue weighted by Crippen LogP contribution is -2.62. The molecule has 4 aliphatic rings. The fourth-order valence-corrected chi connectivity index (χ4v) is 12.1. The van der Waals surface area contributed by atoms with Crippen molar-refractivity contribution in [3.05, 3.63) is 136 Å². The summed E-state index contributed by atoms with van der Waals surface area (Å²) in [7, 11) is 3.27. The summed E-state index contributed by atoms with van der Waals surface area (Å²) in [6.45, 7) is 17.7. The van der Waals surface area contributed by atoms with Crippen molar-refractivity contribution in [2.24, 2.45) is 11.3 Å². The number of benzene rings is 4. The van der Waals surface area contributed by atoms with E-state index in [2.05, 4.69) is 33.4 Å². The maximum Gasteiger partial charge on any atom is 0.410 e. The van der Waals surface area contributed by atoms with Crippen LogP contribution in [0.25, 0.3) is 0 Å². The standard InChI is InChI=1S/C67H89N7O11/c1-40(68-11)33-52(67(9,10)82)61(78)74-38-49(36-56(74)60(77)70-54-26-18-22-44-20-14-16-24-51(44)54)83-39-42-27-29-45(30-28-42)63(80)84-48-32-31-46-35-55(59(76)69-53-25-17-21-43-19-13-15-23-50(43)53)73(37-47(46)34-48)62(79)57(65(3,4)5)71-58(75)41(2)72(12)64(81)85-66(6,7)8/h13-16,19-20,23-24,27-32,34,40-41,49,52-57,68,82H,17-18,21-22,25-26,33,35-39H2,1-12H3,(H,69,76)(H,70,77)(H,71,75)/t40-,41-,49-,52+,53+,54+,55-,56-,57+/m0/s1. The van der Waals surface area contributed by atoms with Gasteiger partial charge in [0.25, 0.3) is 0 Å². The van der Waals surface area contributed by atoms with Crippen LogP contribution in [0.4, 0.5) is 4.79 Å². The Morgan fingerprint density at radius 1 is 0.718 bits per heavy atom. The van der Waals surface area contributed by atoms with Gasteiger partial charge in [-0.05, 0) is 169 Å². The molecule has 0 radical (unpaired) electrons. The third-order valence-electron chi connectivity index (χ3n) is 17.3. The minimum atomic E-state index is -1.36. The Labute approximate surface area is 501 Å². The number of carbonyl (C=O) groups is 7. The molecule has 2 heterocycles. The van der Waals surface area contributed by atoms with Crippen molar-refractivity contribution in [2.45, 2.75) is 200 Å². The molecule has 5 N–H and O–H groups in total. The largest absolute Gasteiger partial charge is 0.444 e. The third-order valence-corrected chi connectivity index (χ3v) is 17.3. The molecule has 458 valence electrons. The first kappa shape index (κ1) is 63.9. The molecule has 18 heteroatoms. The van der Waals surface area contributed by atoms with E-state index in [-0.39, 0.29) is 79.7 Å². The number of hydrogen-bond acceptors (Lipinski definition) is 12. The highest BCUT2D eigenvalue weighted by Gasteiger charge is 2.47. The van der Waals surface area contributed by atoms with E-state index in [1.807, 2.05) is 77.2 Å². The number of amides is 6. The number of fused-ring (bicyclic) bond motifs is 3. The lowest BCUT2D eigenvalue weighted by Gasteiger charge is -2.42. The molecule has 1 fully saturated rings. The summed E-state index contributed by atoms with van der Waals surface area (Å²) in [4.78, 5) is 104. The molecule has 2 aliphatic carbocycles. The van der Waals surface area contributed by atoms with Crippen LogP contribution in [0.5, 0.6) is 5.75 Å². The molecule has 4 aromatic carbocycles. The van der Waals surface area contributed by atoms with Crippen molar-refractivity contribution in [2.75, 3.05) is 20.6 Å². The molecule has 1 saturated heterocycles. The Kier molecular flexibility index (Phi) is 20.0. The maximum absolute atomic E-state index is 15.2. The molecular formula is C67H89N7O11. The van der Waals surface area contributed by atoms with Crippen LogP contribution in [0.3, 0.4) is 0 Å². The summed E-state index contributed by atoms with van der Waals surface area (Å²) in [5.74, 6) is -3.16. The first-order valence-electron chi connectivity index (χ1n) is 30.2. The Bertz CT molecular complexity index is 3090. The average Bonchev–Trinajstić information content (AvgIpc) is 2.25. The van der Waals surface area contributed by atoms with E-state index in [1.165, 1.54) is 28.0 Å². The van der Waals surface area contributed by atoms with E-state index in [9.17, 15) is 33.9 Å². The monoisotopic (exact) mass is 1170 g/mol. The molecule has 0 aromatic heterocycles. The first-order valence-corrected chi connectivity index (χ1v) is 30.2. The van der Waals surface area contributed by atoms with Gasteiger partial charge in [0.05, 0.1) is 41.9 Å². The molecule has 0 unspecified atom stereocenters. The first-order chi connectivity index (χ1) is 40.1. The normalized spacial score (nSPS) is 20.9. The van der Waals surface area contributed by atoms with Crippen LogP contribution in [0.1, 0.15) is 169 Å². The number of esters is 1. The fraction of sp³-hybridized carbons (Fsp3) is 0.537. The summed E-state index contributed by atoms with van der Waals surface area (Å²) in [5.41, 5.74) is 3.96. The van der Waals surface area contributed by atoms with Crippen LogP contribution in [0, 0.1) is 11.3 Å². The second-order valence-corrected chi connectivity index (χ2v) is 26.4. The van der Waals surface area contributed by atoms with Crippen molar-refractivity contribution in [1.29, 1.82) is 0 Å². The van der Waals surface area contributed by atoms with E-state index in [0.717, 1.165) is 60.8 Å². The van der Waals surface area contributed by atoms with Gasteiger partial charge in [0, 0.05) is 39.0 Å². The van der Waals surface area contributed by atoms with E-state index < -0.39 is 76.7 Å². The Hall–Kier alpha value is -7.15. The summed E-state index contributed by atoms with van der Waals surface area (Å²) in [6, 6.07) is 23.7. The van der Waals surface area contributed by atoms with Crippen molar-refractivity contribution in [3.8, 4) is 5.75 Å². The van der Waals surface area contributed by atoms with Gasteiger partial charge >= 0.3 is 12.1 Å². The number of ether oxygens (including phenoxy) is 3. The molecule has 0 bridgehead atoms. The van der Waals surface area contributed by atoms with Gasteiger partial charge < -0.3 is 50.4 Å². The maximum atomic E-state index is 15.2. The van der Waals surface area contributed by atoms with Crippen molar-refractivity contribution in [1.82, 2.24) is 36.0 Å². The van der Waals surface area contributed by atoms with E-state index in [4.69, 9.17) is 14.2 Å². The van der Waals surface area contributed by atoms with E-state index in [0.29, 0.717) is 12.0 Å². The molecule has 9 atom stereocenters. The smallest absolute Gasteiger partial charge is 0.410 e. The quantitative estimate of drug-likeness (QED) is 0.0470. The lowest BCUT2D eigenvalue weighted by atomic mass is 9.83. The highest BCUT2D eigenvalue weighted by Crippen LogP contribution is 2.36. The fourth-order valence-electron chi connectivity index (χ4n) is 12.1. The average molecular weight is 1170 g/mol. The van der Waals surface area contributed by atoms with Crippen LogP contribution >= 0.6 is 0 Å². The number of nitrogens with one attached hydrogen (secondary N) is 4. The van der Waals surface area contributed by atoms with E-state index >= 15 is 4.79 Å². The SMILES string of the molecule is CN[C@@H](C)C[C@H](C(=O)N1C[C@@H](OCc2ccc(C(=O)Oc3ccc4c(c3)CN(C(=O)[C@@H](NC(=O)[C@H](C)N(C)C(=O)OC(C)(C)C)C(C)(C)C)[C@H](C(=O)N[C@@H]3CCCc5ccccc53)C4)cc2)C[C@H]1C(=O)N[C@@H]1CCCc2ccccc21)C(C)(C)O.